The highest BCUT2D eigenvalue weighted by Crippen LogP contribution is 2.40. The van der Waals surface area contributed by atoms with Crippen molar-refractivity contribution >= 4 is 17.4 Å². The molecule has 5 rings (SSSR count). The van der Waals surface area contributed by atoms with Crippen LogP contribution in [0, 0.1) is 19.7 Å². The molecule has 45 heavy (non-hydrogen) atoms. The number of carboxylic acid groups (broad SMARTS) is 1. The fraction of sp³-hybridized carbons (Fsp3) is 0.400. The Morgan fingerprint density at radius 1 is 1.16 bits per heavy atom. The molecule has 9 nitrogen and oxygen atoms in total. The van der Waals surface area contributed by atoms with Gasteiger partial charge in [-0.1, -0.05) is 35.9 Å². The third-order valence-electron chi connectivity index (χ3n) is 8.17. The minimum absolute atomic E-state index is 0.0777. The van der Waals surface area contributed by atoms with E-state index >= 15 is 4.39 Å². The molecule has 1 atom stereocenters. The largest absolute Gasteiger partial charge is 0.507 e. The van der Waals surface area contributed by atoms with E-state index in [1.54, 1.807) is 56.5 Å². The minimum atomic E-state index is -1.33. The third kappa shape index (κ3) is 6.57. The number of hydrogen-bond donors (Lipinski definition) is 2. The molecule has 1 aliphatic rings. The van der Waals surface area contributed by atoms with Gasteiger partial charge in [0.1, 0.15) is 17.4 Å². The van der Waals surface area contributed by atoms with Gasteiger partial charge in [-0.15, -0.1) is 6.58 Å². The van der Waals surface area contributed by atoms with E-state index in [1.807, 2.05) is 19.1 Å². The summed E-state index contributed by atoms with van der Waals surface area (Å²) < 4.78 is 30.0. The van der Waals surface area contributed by atoms with Crippen molar-refractivity contribution in [2.75, 3.05) is 24.6 Å². The van der Waals surface area contributed by atoms with Crippen molar-refractivity contribution in [3.63, 3.8) is 0 Å². The molecular formula is C35H41FN4O5. The Bertz CT molecular complexity index is 1730. The van der Waals surface area contributed by atoms with E-state index in [0.717, 1.165) is 5.56 Å². The first kappa shape index (κ1) is 32.1. The summed E-state index contributed by atoms with van der Waals surface area (Å²) in [5.41, 5.74) is 2.28. The van der Waals surface area contributed by atoms with Crippen LogP contribution in [0.1, 0.15) is 63.5 Å². The zero-order valence-corrected chi connectivity index (χ0v) is 26.7. The van der Waals surface area contributed by atoms with Crippen LogP contribution in [0.4, 0.5) is 10.2 Å². The number of phenolic OH excluding ortho intramolecular Hbond substituents is 1. The molecule has 3 heterocycles. The van der Waals surface area contributed by atoms with Gasteiger partial charge in [-0.25, -0.2) is 14.2 Å². The predicted octanol–water partition coefficient (Wildman–Crippen LogP) is 7.03. The predicted molar refractivity (Wildman–Crippen MR) is 172 cm³/mol. The number of benzene rings is 2. The molecule has 1 unspecified atom stereocenters. The smallest absolute Gasteiger partial charge is 0.337 e. The number of fused-ring (bicyclic) bond motifs is 1. The van der Waals surface area contributed by atoms with Crippen LogP contribution in [0.3, 0.4) is 0 Å². The average molecular weight is 617 g/mol. The van der Waals surface area contributed by atoms with Crippen LogP contribution < -0.4 is 4.90 Å². The number of aromatic nitrogens is 3. The van der Waals surface area contributed by atoms with Gasteiger partial charge in [-0.05, 0) is 72.1 Å². The highest BCUT2D eigenvalue weighted by molar-refractivity contribution is 5.80. The second kappa shape index (κ2) is 12.3. The Hall–Kier alpha value is -4.28. The highest BCUT2D eigenvalue weighted by Gasteiger charge is 2.38. The number of piperidine rings is 1. The molecule has 0 radical (unpaired) electrons. The fourth-order valence-corrected chi connectivity index (χ4v) is 5.80. The molecule has 0 saturated carbocycles. The van der Waals surface area contributed by atoms with Crippen LogP contribution in [-0.4, -0.2) is 61.7 Å². The zero-order valence-electron chi connectivity index (χ0n) is 26.7. The van der Waals surface area contributed by atoms with E-state index in [9.17, 15) is 15.0 Å². The molecule has 10 heteroatoms. The zero-order chi connectivity index (χ0) is 32.7. The van der Waals surface area contributed by atoms with Crippen LogP contribution in [0.2, 0.25) is 0 Å². The Labute approximate surface area is 262 Å². The first-order chi connectivity index (χ1) is 21.2. The molecule has 0 bridgehead atoms. The first-order valence-corrected chi connectivity index (χ1v) is 15.1. The lowest BCUT2D eigenvalue weighted by Gasteiger charge is -2.41. The molecule has 2 aromatic heterocycles. The average Bonchev–Trinajstić information content (AvgIpc) is 3.38. The van der Waals surface area contributed by atoms with E-state index in [2.05, 4.69) is 18.4 Å². The van der Waals surface area contributed by atoms with Crippen molar-refractivity contribution in [3.8, 4) is 28.1 Å². The Morgan fingerprint density at radius 2 is 1.82 bits per heavy atom. The molecule has 1 fully saturated rings. The van der Waals surface area contributed by atoms with Gasteiger partial charge in [0.25, 0.3) is 0 Å². The lowest BCUT2D eigenvalue weighted by Crippen LogP contribution is -2.45. The normalized spacial score (nSPS) is 15.8. The summed E-state index contributed by atoms with van der Waals surface area (Å²) >= 11 is 0. The maximum atomic E-state index is 16.2. The second-order valence-corrected chi connectivity index (χ2v) is 12.9. The standard InChI is InChI=1S/C35H41FN4O5/c1-8-19-44-35(7)15-17-39(18-16-35)32-28(31(33(42)43)45-34(4,5)6)22(3)37-27-20-25(38-40(27)32)24-13-14-26(41)29(30(24)36)23-11-9-21(2)10-12-23/h8-14,20,31,41H,1,15-19H2,2-7H3,(H,42,43). The quantitative estimate of drug-likeness (QED) is 0.193. The summed E-state index contributed by atoms with van der Waals surface area (Å²) in [6, 6.07) is 11.9. The van der Waals surface area contributed by atoms with Crippen molar-refractivity contribution in [1.29, 1.82) is 0 Å². The summed E-state index contributed by atoms with van der Waals surface area (Å²) in [5, 5.41) is 25.9. The summed E-state index contributed by atoms with van der Waals surface area (Å²) in [5.74, 6) is -1.41. The summed E-state index contributed by atoms with van der Waals surface area (Å²) in [7, 11) is 0. The number of carbonyl (C=O) groups is 1. The number of anilines is 1. The van der Waals surface area contributed by atoms with Crippen molar-refractivity contribution in [3.05, 3.63) is 77.8 Å². The fourth-order valence-electron chi connectivity index (χ4n) is 5.80. The van der Waals surface area contributed by atoms with Gasteiger partial charge in [0.2, 0.25) is 0 Å². The van der Waals surface area contributed by atoms with Gasteiger partial charge in [-0.3, -0.25) is 0 Å². The number of hydrogen-bond acceptors (Lipinski definition) is 7. The molecule has 4 aromatic rings. The minimum Gasteiger partial charge on any atom is -0.507 e. The monoisotopic (exact) mass is 616 g/mol. The van der Waals surface area contributed by atoms with E-state index < -0.39 is 23.5 Å². The van der Waals surface area contributed by atoms with Gasteiger partial charge in [0.05, 0.1) is 34.6 Å². The van der Waals surface area contributed by atoms with Crippen molar-refractivity contribution in [2.45, 2.75) is 71.7 Å². The lowest BCUT2D eigenvalue weighted by atomic mass is 9.92. The van der Waals surface area contributed by atoms with Gasteiger partial charge >= 0.3 is 5.97 Å². The maximum Gasteiger partial charge on any atom is 0.337 e. The molecule has 1 saturated heterocycles. The third-order valence-corrected chi connectivity index (χ3v) is 8.17. The summed E-state index contributed by atoms with van der Waals surface area (Å²) in [6.45, 7) is 16.5. The molecule has 0 aliphatic carbocycles. The van der Waals surface area contributed by atoms with E-state index in [1.165, 1.54) is 12.1 Å². The van der Waals surface area contributed by atoms with Crippen LogP contribution in [0.5, 0.6) is 5.75 Å². The number of aromatic hydroxyl groups is 1. The van der Waals surface area contributed by atoms with Gasteiger partial charge in [0.15, 0.2) is 11.8 Å². The van der Waals surface area contributed by atoms with Crippen LogP contribution in [-0.2, 0) is 14.3 Å². The van der Waals surface area contributed by atoms with Gasteiger partial charge in [-0.2, -0.15) is 9.61 Å². The lowest BCUT2D eigenvalue weighted by molar-refractivity contribution is -0.160. The molecule has 0 amide bonds. The number of rotatable bonds is 9. The van der Waals surface area contributed by atoms with E-state index in [4.69, 9.17) is 19.6 Å². The molecule has 2 aromatic carbocycles. The number of carboxylic acids is 1. The van der Waals surface area contributed by atoms with Crippen LogP contribution in [0.25, 0.3) is 28.0 Å². The van der Waals surface area contributed by atoms with Crippen LogP contribution >= 0.6 is 0 Å². The number of halogens is 1. The molecule has 2 N–H and O–H groups in total. The second-order valence-electron chi connectivity index (χ2n) is 12.9. The Morgan fingerprint density at radius 3 is 2.42 bits per heavy atom. The van der Waals surface area contributed by atoms with Crippen LogP contribution in [0.15, 0.2) is 55.1 Å². The van der Waals surface area contributed by atoms with Gasteiger partial charge in [0, 0.05) is 30.4 Å². The van der Waals surface area contributed by atoms with Crippen molar-refractivity contribution in [1.82, 2.24) is 14.6 Å². The SMILES string of the molecule is C=CCOC1(C)CCN(c2c(C(OC(C)(C)C)C(=O)O)c(C)nc3cc(-c4ccc(O)c(-c5ccc(C)cc5)c4F)nn23)CC1. The molecule has 238 valence electrons. The highest BCUT2D eigenvalue weighted by atomic mass is 19.1. The van der Waals surface area contributed by atoms with Crippen molar-refractivity contribution < 1.29 is 28.9 Å². The number of phenols is 1. The topological polar surface area (TPSA) is 109 Å². The summed E-state index contributed by atoms with van der Waals surface area (Å²) in [4.78, 5) is 19.5. The summed E-state index contributed by atoms with van der Waals surface area (Å²) in [6.07, 6.45) is 1.77. The molecule has 0 spiro atoms. The number of aliphatic carboxylic acids is 1. The molecule has 1 aliphatic heterocycles. The van der Waals surface area contributed by atoms with E-state index in [0.29, 0.717) is 66.5 Å². The number of aryl methyl sites for hydroxylation is 2. The Kier molecular flexibility index (Phi) is 8.75. The van der Waals surface area contributed by atoms with Crippen molar-refractivity contribution in [2.24, 2.45) is 0 Å². The maximum absolute atomic E-state index is 16.2. The van der Waals surface area contributed by atoms with E-state index in [-0.39, 0.29) is 22.5 Å². The van der Waals surface area contributed by atoms with Gasteiger partial charge < -0.3 is 24.6 Å². The number of ether oxygens (including phenoxy) is 2. The molecular weight excluding hydrogens is 575 g/mol. The number of nitrogens with zero attached hydrogens (tertiary/aromatic N) is 4. The first-order valence-electron chi connectivity index (χ1n) is 15.1. The Balaban J connectivity index is 1.68.